The van der Waals surface area contributed by atoms with Gasteiger partial charge in [0.15, 0.2) is 0 Å². The minimum Gasteiger partial charge on any atom is -0.402 e. The van der Waals surface area contributed by atoms with Gasteiger partial charge >= 0.3 is 7.32 Å². The van der Waals surface area contributed by atoms with Crippen LogP contribution in [0.15, 0.2) is 0 Å². The fraction of sp³-hybridized carbons (Fsp3) is 1.00. The van der Waals surface area contributed by atoms with Gasteiger partial charge in [-0.15, -0.1) is 0 Å². The van der Waals surface area contributed by atoms with E-state index in [-0.39, 0.29) is 0 Å². The lowest BCUT2D eigenvalue weighted by Gasteiger charge is -2.26. The molecule has 0 aliphatic carbocycles. The smallest absolute Gasteiger partial charge is 0.402 e. The van der Waals surface area contributed by atoms with Gasteiger partial charge in [0, 0.05) is 0 Å². The number of rotatable bonds is 14. The molecule has 0 radical (unpaired) electrons. The molecule has 11 N–H and O–H groups in total. The molecule has 0 aromatic heterocycles. The molecule has 14 heteroatoms. The predicted molar refractivity (Wildman–Crippen MR) is 82.1 cm³/mol. The van der Waals surface area contributed by atoms with Crippen LogP contribution in [0.25, 0.3) is 0 Å². The zero-order valence-corrected chi connectivity index (χ0v) is 13.8. The molecule has 0 fully saturated rings. The Hall–Kier alpha value is -0.455. The van der Waals surface area contributed by atoms with Crippen molar-refractivity contribution in [2.45, 2.75) is 48.8 Å². The summed E-state index contributed by atoms with van der Waals surface area (Å²) in [6, 6.07) is 0. The average Bonchev–Trinajstić information content (AvgIpc) is 2.65. The molecule has 0 amide bonds. The number of aliphatic hydroxyl groups is 10. The van der Waals surface area contributed by atoms with Gasteiger partial charge in [-0.1, -0.05) is 0 Å². The SMILES string of the molecule is OC[C@@H](O)[C@@H](O)[C@H](O)[C@H](O)COB(O)OC[C@@H](O)[C@@H](O)[C@H](O)[C@H](O)CO. The van der Waals surface area contributed by atoms with Gasteiger partial charge in [-0.05, 0) is 0 Å². The van der Waals surface area contributed by atoms with Crippen LogP contribution in [0.2, 0.25) is 0 Å². The van der Waals surface area contributed by atoms with Crippen molar-refractivity contribution in [2.75, 3.05) is 26.4 Å². The average molecular weight is 390 g/mol. The zero-order valence-electron chi connectivity index (χ0n) is 13.8. The lowest BCUT2D eigenvalue weighted by Crippen LogP contribution is -2.49. The summed E-state index contributed by atoms with van der Waals surface area (Å²) in [4.78, 5) is 0. The van der Waals surface area contributed by atoms with E-state index in [0.717, 1.165) is 0 Å². The topological polar surface area (TPSA) is 241 Å². The molecule has 0 aromatic carbocycles. The van der Waals surface area contributed by atoms with E-state index in [1.807, 2.05) is 0 Å². The molecule has 156 valence electrons. The summed E-state index contributed by atoms with van der Waals surface area (Å²) in [6.45, 7) is -3.28. The van der Waals surface area contributed by atoms with Crippen molar-refractivity contribution in [3.63, 3.8) is 0 Å². The van der Waals surface area contributed by atoms with Gasteiger partial charge in [-0.3, -0.25) is 0 Å². The zero-order chi connectivity index (χ0) is 20.4. The summed E-state index contributed by atoms with van der Waals surface area (Å²) in [6.07, 6.45) is -14.6. The molecule has 0 unspecified atom stereocenters. The molecule has 0 spiro atoms. The largest absolute Gasteiger partial charge is 0.636 e. The highest BCUT2D eigenvalue weighted by Crippen LogP contribution is 2.08. The molecule has 0 bridgehead atoms. The number of hydrogen-bond acceptors (Lipinski definition) is 13. The molecule has 0 heterocycles. The summed E-state index contributed by atoms with van der Waals surface area (Å²) in [5.74, 6) is 0. The second-order valence-electron chi connectivity index (χ2n) is 5.57. The normalized spacial score (nSPS) is 21.3. The van der Waals surface area contributed by atoms with Gasteiger partial charge < -0.3 is 65.4 Å². The maximum absolute atomic E-state index is 9.54. The molecule has 13 nitrogen and oxygen atoms in total. The van der Waals surface area contributed by atoms with E-state index in [1.54, 1.807) is 0 Å². The lowest BCUT2D eigenvalue weighted by molar-refractivity contribution is -0.129. The Morgan fingerprint density at radius 3 is 1.08 bits per heavy atom. The van der Waals surface area contributed by atoms with Crippen LogP contribution in [0.3, 0.4) is 0 Å². The molecule has 0 rings (SSSR count). The Kier molecular flexibility index (Phi) is 12.6. The Labute approximate surface area is 149 Å². The second kappa shape index (κ2) is 12.8. The fourth-order valence-electron chi connectivity index (χ4n) is 1.73. The standard InChI is InChI=1S/C12H27BO13/c14-1-5(16)9(20)11(22)7(18)3-25-13(24)26-4-8(19)12(23)10(21)6(17)2-15/h5-12,14-24H,1-4H2/t5-,6-,7-,8-,9-,10-,11-,12-/m1/s1. The minimum absolute atomic E-state index is 0.776. The van der Waals surface area contributed by atoms with Gasteiger partial charge in [-0.25, -0.2) is 0 Å². The van der Waals surface area contributed by atoms with Gasteiger partial charge in [0.25, 0.3) is 0 Å². The highest BCUT2D eigenvalue weighted by Gasteiger charge is 2.33. The second-order valence-corrected chi connectivity index (χ2v) is 5.57. The van der Waals surface area contributed by atoms with Crippen LogP contribution in [0, 0.1) is 0 Å². The Morgan fingerprint density at radius 2 is 0.808 bits per heavy atom. The molecule has 8 atom stereocenters. The summed E-state index contributed by atoms with van der Waals surface area (Å²) < 4.78 is 9.14. The summed E-state index contributed by atoms with van der Waals surface area (Å²) >= 11 is 0. The molecule has 0 aromatic rings. The summed E-state index contributed by atoms with van der Waals surface area (Å²) in [5, 5.41) is 102. The first-order chi connectivity index (χ1) is 12.1. The lowest BCUT2D eigenvalue weighted by atomic mass is 10.0. The van der Waals surface area contributed by atoms with Gasteiger partial charge in [-0.2, -0.15) is 0 Å². The van der Waals surface area contributed by atoms with Gasteiger partial charge in [0.1, 0.15) is 48.8 Å². The van der Waals surface area contributed by atoms with Crippen LogP contribution >= 0.6 is 0 Å². The molecule has 0 saturated carbocycles. The van der Waals surface area contributed by atoms with Crippen LogP contribution in [0.4, 0.5) is 0 Å². The first-order valence-electron chi connectivity index (χ1n) is 7.64. The van der Waals surface area contributed by atoms with Crippen LogP contribution in [-0.4, -0.2) is 139 Å². The van der Waals surface area contributed by atoms with Crippen LogP contribution in [0.5, 0.6) is 0 Å². The maximum Gasteiger partial charge on any atom is 0.636 e. The fourth-order valence-corrected chi connectivity index (χ4v) is 1.73. The van der Waals surface area contributed by atoms with Crippen LogP contribution in [-0.2, 0) is 9.31 Å². The highest BCUT2D eigenvalue weighted by atomic mass is 16.7. The van der Waals surface area contributed by atoms with E-state index in [4.69, 9.17) is 20.4 Å². The van der Waals surface area contributed by atoms with E-state index in [0.29, 0.717) is 0 Å². The van der Waals surface area contributed by atoms with Crippen molar-refractivity contribution >= 4 is 7.32 Å². The molecule has 0 saturated heterocycles. The molecule has 26 heavy (non-hydrogen) atoms. The van der Waals surface area contributed by atoms with E-state index in [9.17, 15) is 35.7 Å². The molecule has 0 aliphatic rings. The number of hydrogen-bond donors (Lipinski definition) is 11. The van der Waals surface area contributed by atoms with Gasteiger partial charge in [0.05, 0.1) is 26.4 Å². The molecular formula is C12H27BO13. The predicted octanol–water partition coefficient (Wildman–Crippen LogP) is -7.13. The van der Waals surface area contributed by atoms with Crippen LogP contribution < -0.4 is 0 Å². The third kappa shape index (κ3) is 8.49. The van der Waals surface area contributed by atoms with E-state index >= 15 is 0 Å². The van der Waals surface area contributed by atoms with Crippen molar-refractivity contribution in [1.82, 2.24) is 0 Å². The number of aliphatic hydroxyl groups excluding tert-OH is 10. The van der Waals surface area contributed by atoms with E-state index in [2.05, 4.69) is 9.31 Å². The maximum atomic E-state index is 9.54. The van der Waals surface area contributed by atoms with Crippen molar-refractivity contribution in [2.24, 2.45) is 0 Å². The summed E-state index contributed by atoms with van der Waals surface area (Å²) in [7, 11) is -2.04. The van der Waals surface area contributed by atoms with Crippen molar-refractivity contribution in [1.29, 1.82) is 0 Å². The summed E-state index contributed by atoms with van der Waals surface area (Å²) in [5.41, 5.74) is 0. The van der Waals surface area contributed by atoms with E-state index < -0.39 is 82.6 Å². The van der Waals surface area contributed by atoms with Crippen LogP contribution in [0.1, 0.15) is 0 Å². The Bertz CT molecular complexity index is 332. The third-order valence-electron chi connectivity index (χ3n) is 3.47. The van der Waals surface area contributed by atoms with Crippen molar-refractivity contribution < 1.29 is 65.4 Å². The van der Waals surface area contributed by atoms with Crippen molar-refractivity contribution in [3.8, 4) is 0 Å². The quantitative estimate of drug-likeness (QED) is 0.124. The monoisotopic (exact) mass is 390 g/mol. The Morgan fingerprint density at radius 1 is 0.538 bits per heavy atom. The van der Waals surface area contributed by atoms with Gasteiger partial charge in [0.2, 0.25) is 0 Å². The van der Waals surface area contributed by atoms with Crippen molar-refractivity contribution in [3.05, 3.63) is 0 Å². The molecule has 0 aliphatic heterocycles. The highest BCUT2D eigenvalue weighted by molar-refractivity contribution is 6.34. The first kappa shape index (κ1) is 25.5. The van der Waals surface area contributed by atoms with E-state index in [1.165, 1.54) is 0 Å². The first-order valence-corrected chi connectivity index (χ1v) is 7.64. The minimum atomic E-state index is -2.04. The molecular weight excluding hydrogens is 363 g/mol. The third-order valence-corrected chi connectivity index (χ3v) is 3.47. The Balaban J connectivity index is 4.24.